The number of hydrogen-bond donors (Lipinski definition) is 1. The van der Waals surface area contributed by atoms with E-state index in [1.165, 1.54) is 0 Å². The lowest BCUT2D eigenvalue weighted by Gasteiger charge is -2.26. The molecular weight excluding hydrogens is 258 g/mol. The molecule has 0 spiro atoms. The Morgan fingerprint density at radius 3 is 3.11 bits per heavy atom. The zero-order valence-electron chi connectivity index (χ0n) is 11.3. The fourth-order valence-corrected chi connectivity index (χ4v) is 3.10. The highest BCUT2D eigenvalue weighted by Gasteiger charge is 2.20. The van der Waals surface area contributed by atoms with Crippen LogP contribution in [0.25, 0.3) is 0 Å². The van der Waals surface area contributed by atoms with Gasteiger partial charge in [-0.3, -0.25) is 9.78 Å². The van der Waals surface area contributed by atoms with Gasteiger partial charge < -0.3 is 10.2 Å². The molecule has 1 saturated heterocycles. The highest BCUT2D eigenvalue weighted by Crippen LogP contribution is 2.12. The van der Waals surface area contributed by atoms with Gasteiger partial charge in [0.15, 0.2) is 0 Å². The van der Waals surface area contributed by atoms with Crippen molar-refractivity contribution in [3.05, 3.63) is 30.1 Å². The minimum Gasteiger partial charge on any atom is -0.337 e. The topological polar surface area (TPSA) is 45.2 Å². The Kier molecular flexibility index (Phi) is 5.66. The van der Waals surface area contributed by atoms with E-state index < -0.39 is 0 Å². The first-order valence-electron chi connectivity index (χ1n) is 6.78. The van der Waals surface area contributed by atoms with Crippen LogP contribution in [0.4, 0.5) is 0 Å². The summed E-state index contributed by atoms with van der Waals surface area (Å²) in [5, 5.41) is 3.41. The Hall–Kier alpha value is -1.07. The maximum absolute atomic E-state index is 12.3. The molecule has 104 valence electrons. The van der Waals surface area contributed by atoms with E-state index >= 15 is 0 Å². The van der Waals surface area contributed by atoms with Crippen molar-refractivity contribution >= 4 is 17.7 Å². The summed E-state index contributed by atoms with van der Waals surface area (Å²) in [6.45, 7) is 4.37. The average Bonchev–Trinajstić information content (AvgIpc) is 2.47. The van der Waals surface area contributed by atoms with Crippen molar-refractivity contribution in [1.29, 1.82) is 0 Å². The number of carbonyl (C=O) groups excluding carboxylic acids is 1. The van der Waals surface area contributed by atoms with Crippen LogP contribution in [0.2, 0.25) is 0 Å². The monoisotopic (exact) mass is 279 g/mol. The molecule has 1 aliphatic rings. The molecule has 1 N–H and O–H groups in total. The Balaban J connectivity index is 1.87. The lowest BCUT2D eigenvalue weighted by atomic mass is 10.2. The normalized spacial score (nSPS) is 19.1. The second kappa shape index (κ2) is 7.50. The standard InChI is InChI=1S/C14H21N3OS/c1-2-17(10-12-5-3-4-6-15-12)14(18)9-13-11-19-8-7-16-13/h3-6,13,16H,2,7-11H2,1H3. The number of nitrogens with zero attached hydrogens (tertiary/aromatic N) is 2. The molecule has 5 heteroatoms. The third-order valence-electron chi connectivity index (χ3n) is 3.23. The maximum Gasteiger partial charge on any atom is 0.224 e. The first kappa shape index (κ1) is 14.3. The summed E-state index contributed by atoms with van der Waals surface area (Å²) in [7, 11) is 0. The molecule has 1 unspecified atom stereocenters. The van der Waals surface area contributed by atoms with E-state index in [1.54, 1.807) is 6.20 Å². The van der Waals surface area contributed by atoms with E-state index in [0.29, 0.717) is 19.0 Å². The summed E-state index contributed by atoms with van der Waals surface area (Å²) < 4.78 is 0. The molecule has 0 bridgehead atoms. The predicted octanol–water partition coefficient (Wildman–Crippen LogP) is 1.53. The number of rotatable bonds is 5. The van der Waals surface area contributed by atoms with Crippen LogP contribution in [0.15, 0.2) is 24.4 Å². The largest absolute Gasteiger partial charge is 0.337 e. The van der Waals surface area contributed by atoms with Crippen LogP contribution in [0.3, 0.4) is 0 Å². The van der Waals surface area contributed by atoms with E-state index in [1.807, 2.05) is 41.8 Å². The number of hydrogen-bond acceptors (Lipinski definition) is 4. The van der Waals surface area contributed by atoms with E-state index in [0.717, 1.165) is 30.3 Å². The lowest BCUT2D eigenvalue weighted by Crippen LogP contribution is -2.42. The number of amides is 1. The summed E-state index contributed by atoms with van der Waals surface area (Å²) in [4.78, 5) is 18.5. The Morgan fingerprint density at radius 2 is 2.47 bits per heavy atom. The molecule has 2 rings (SSSR count). The van der Waals surface area contributed by atoms with Gasteiger partial charge in [-0.1, -0.05) is 6.07 Å². The molecule has 0 aliphatic carbocycles. The van der Waals surface area contributed by atoms with Gasteiger partial charge in [0.1, 0.15) is 0 Å². The summed E-state index contributed by atoms with van der Waals surface area (Å²) in [5.74, 6) is 2.40. The van der Waals surface area contributed by atoms with Crippen molar-refractivity contribution in [1.82, 2.24) is 15.2 Å². The predicted molar refractivity (Wildman–Crippen MR) is 79.1 cm³/mol. The van der Waals surface area contributed by atoms with Crippen LogP contribution in [0.1, 0.15) is 19.0 Å². The molecule has 4 nitrogen and oxygen atoms in total. The maximum atomic E-state index is 12.3. The molecule has 0 radical (unpaired) electrons. The number of nitrogens with one attached hydrogen (secondary N) is 1. The van der Waals surface area contributed by atoms with E-state index in [4.69, 9.17) is 0 Å². The quantitative estimate of drug-likeness (QED) is 0.888. The molecule has 2 heterocycles. The third-order valence-corrected chi connectivity index (χ3v) is 4.36. The van der Waals surface area contributed by atoms with Gasteiger partial charge in [-0.05, 0) is 19.1 Å². The van der Waals surface area contributed by atoms with Crippen LogP contribution in [0, 0.1) is 0 Å². The SMILES string of the molecule is CCN(Cc1ccccn1)C(=O)CC1CSCCN1. The van der Waals surface area contributed by atoms with Crippen LogP contribution < -0.4 is 5.32 Å². The fraction of sp³-hybridized carbons (Fsp3) is 0.571. The number of aromatic nitrogens is 1. The van der Waals surface area contributed by atoms with Crippen LogP contribution in [-0.4, -0.2) is 46.4 Å². The van der Waals surface area contributed by atoms with Gasteiger partial charge in [0, 0.05) is 43.3 Å². The molecule has 1 aliphatic heterocycles. The lowest BCUT2D eigenvalue weighted by molar-refractivity contribution is -0.132. The smallest absolute Gasteiger partial charge is 0.224 e. The van der Waals surface area contributed by atoms with Crippen LogP contribution in [-0.2, 0) is 11.3 Å². The minimum absolute atomic E-state index is 0.216. The first-order chi connectivity index (χ1) is 9.29. The number of carbonyl (C=O) groups is 1. The van der Waals surface area contributed by atoms with E-state index in [-0.39, 0.29) is 5.91 Å². The van der Waals surface area contributed by atoms with Crippen molar-refractivity contribution in [2.75, 3.05) is 24.6 Å². The molecular formula is C14H21N3OS. The van der Waals surface area contributed by atoms with Crippen molar-refractivity contribution < 1.29 is 4.79 Å². The molecule has 19 heavy (non-hydrogen) atoms. The molecule has 0 aromatic carbocycles. The summed E-state index contributed by atoms with van der Waals surface area (Å²) in [5.41, 5.74) is 0.948. The molecule has 1 fully saturated rings. The fourth-order valence-electron chi connectivity index (χ4n) is 2.15. The van der Waals surface area contributed by atoms with Crippen molar-refractivity contribution in [2.45, 2.75) is 25.9 Å². The molecule has 1 aromatic heterocycles. The second-order valence-corrected chi connectivity index (χ2v) is 5.81. The molecule has 1 aromatic rings. The minimum atomic E-state index is 0.216. The second-order valence-electron chi connectivity index (χ2n) is 4.66. The van der Waals surface area contributed by atoms with Gasteiger partial charge >= 0.3 is 0 Å². The van der Waals surface area contributed by atoms with E-state index in [2.05, 4.69) is 10.3 Å². The van der Waals surface area contributed by atoms with Crippen molar-refractivity contribution in [3.8, 4) is 0 Å². The summed E-state index contributed by atoms with van der Waals surface area (Å²) >= 11 is 1.92. The first-order valence-corrected chi connectivity index (χ1v) is 7.94. The van der Waals surface area contributed by atoms with Crippen LogP contribution >= 0.6 is 11.8 Å². The number of pyridine rings is 1. The van der Waals surface area contributed by atoms with Gasteiger partial charge in [-0.25, -0.2) is 0 Å². The zero-order chi connectivity index (χ0) is 13.5. The zero-order valence-corrected chi connectivity index (χ0v) is 12.2. The Labute approximate surface area is 119 Å². The van der Waals surface area contributed by atoms with Gasteiger partial charge in [0.05, 0.1) is 12.2 Å². The molecule has 1 amide bonds. The highest BCUT2D eigenvalue weighted by molar-refractivity contribution is 7.99. The van der Waals surface area contributed by atoms with Gasteiger partial charge in [-0.15, -0.1) is 0 Å². The average molecular weight is 279 g/mol. The summed E-state index contributed by atoms with van der Waals surface area (Å²) in [6, 6.07) is 6.14. The van der Waals surface area contributed by atoms with Crippen molar-refractivity contribution in [3.63, 3.8) is 0 Å². The van der Waals surface area contributed by atoms with Gasteiger partial charge in [0.2, 0.25) is 5.91 Å². The van der Waals surface area contributed by atoms with Crippen LogP contribution in [0.5, 0.6) is 0 Å². The Bertz CT molecular complexity index is 393. The van der Waals surface area contributed by atoms with Crippen molar-refractivity contribution in [2.24, 2.45) is 0 Å². The van der Waals surface area contributed by atoms with Gasteiger partial charge in [0.25, 0.3) is 0 Å². The number of thioether (sulfide) groups is 1. The van der Waals surface area contributed by atoms with E-state index in [9.17, 15) is 4.79 Å². The third kappa shape index (κ3) is 4.51. The molecule has 1 atom stereocenters. The van der Waals surface area contributed by atoms with Gasteiger partial charge in [-0.2, -0.15) is 11.8 Å². The Morgan fingerprint density at radius 1 is 1.58 bits per heavy atom. The highest BCUT2D eigenvalue weighted by atomic mass is 32.2. The molecule has 0 saturated carbocycles. The summed E-state index contributed by atoms with van der Waals surface area (Å²) in [6.07, 6.45) is 2.36.